The number of aliphatic hydroxyl groups is 1. The average Bonchev–Trinajstić information content (AvgIpc) is 3.28. The molecule has 49 heavy (non-hydrogen) atoms. The van der Waals surface area contributed by atoms with E-state index in [1.807, 2.05) is 0 Å². The predicted octanol–water partition coefficient (Wildman–Crippen LogP) is 6.76. The molecule has 0 bridgehead atoms. The van der Waals surface area contributed by atoms with Crippen LogP contribution in [0.15, 0.2) is 78.8 Å². The van der Waals surface area contributed by atoms with Crippen molar-refractivity contribution in [1.29, 1.82) is 0 Å². The number of hydrogen-bond donors (Lipinski definition) is 5. The minimum absolute atomic E-state index is 0.0110. The fraction of sp³-hybridized carbons (Fsp3) is 0.194. The van der Waals surface area contributed by atoms with E-state index in [2.05, 4.69) is 30.9 Å². The summed E-state index contributed by atoms with van der Waals surface area (Å²) >= 11 is 6.39. The van der Waals surface area contributed by atoms with Crippen LogP contribution in [-0.2, 0) is 15.8 Å². The number of carboxylic acid groups (broad SMARTS) is 1. The number of aromatic nitrogens is 3. The molecular formula is C31H25ClF6N6O5. The summed E-state index contributed by atoms with van der Waals surface area (Å²) in [7, 11) is 0. The molecule has 0 saturated heterocycles. The summed E-state index contributed by atoms with van der Waals surface area (Å²) in [6, 6.07) is 14.4. The molecule has 5 N–H and O–H groups in total. The number of carboxylic acids is 1. The molecule has 0 fully saturated rings. The van der Waals surface area contributed by atoms with Gasteiger partial charge in [-0.15, -0.1) is 0 Å². The van der Waals surface area contributed by atoms with E-state index >= 15 is 0 Å². The van der Waals surface area contributed by atoms with Gasteiger partial charge < -0.3 is 30.9 Å². The number of halogens is 7. The number of aliphatic carboxylic acids is 1. The van der Waals surface area contributed by atoms with Gasteiger partial charge >= 0.3 is 18.3 Å². The number of carbonyl (C=O) groups is 2. The summed E-state index contributed by atoms with van der Waals surface area (Å²) in [5.41, 5.74) is 1.11. The van der Waals surface area contributed by atoms with Crippen molar-refractivity contribution in [3.05, 3.63) is 101 Å². The lowest BCUT2D eigenvalue weighted by Crippen LogP contribution is -2.30. The van der Waals surface area contributed by atoms with E-state index in [0.29, 0.717) is 47.1 Å². The molecule has 1 unspecified atom stereocenters. The van der Waals surface area contributed by atoms with E-state index < -0.39 is 30.0 Å². The van der Waals surface area contributed by atoms with Crippen molar-refractivity contribution in [2.45, 2.75) is 24.9 Å². The molecule has 1 amide bonds. The highest BCUT2D eigenvalue weighted by molar-refractivity contribution is 6.32. The Kier molecular flexibility index (Phi) is 11.6. The zero-order valence-electron chi connectivity index (χ0n) is 24.8. The van der Waals surface area contributed by atoms with Crippen molar-refractivity contribution >= 4 is 46.9 Å². The van der Waals surface area contributed by atoms with Gasteiger partial charge in [0.05, 0.1) is 21.8 Å². The molecule has 18 heteroatoms. The lowest BCUT2D eigenvalue weighted by Gasteiger charge is -2.14. The Morgan fingerprint density at radius 3 is 2.41 bits per heavy atom. The summed E-state index contributed by atoms with van der Waals surface area (Å²) in [5.74, 6) is -2.06. The summed E-state index contributed by atoms with van der Waals surface area (Å²) in [4.78, 5) is 34.6. The lowest BCUT2D eigenvalue weighted by molar-refractivity contribution is -0.192. The molecule has 4 aromatic rings. The van der Waals surface area contributed by atoms with Gasteiger partial charge in [0, 0.05) is 30.5 Å². The molecule has 11 nitrogen and oxygen atoms in total. The molecule has 0 radical (unpaired) electrons. The number of nitrogens with zero attached hydrogens (tertiary/aromatic N) is 3. The molecule has 1 aliphatic heterocycles. The normalized spacial score (nSPS) is 13.3. The highest BCUT2D eigenvalue weighted by Gasteiger charge is 2.38. The molecule has 3 heterocycles. The Balaban J connectivity index is 0.000000698. The van der Waals surface area contributed by atoms with Crippen molar-refractivity contribution in [3.63, 3.8) is 0 Å². The second kappa shape index (κ2) is 15.7. The van der Waals surface area contributed by atoms with Gasteiger partial charge in [-0.3, -0.25) is 9.78 Å². The van der Waals surface area contributed by atoms with Gasteiger partial charge in [-0.25, -0.2) is 14.8 Å². The van der Waals surface area contributed by atoms with Crippen LogP contribution >= 0.6 is 11.6 Å². The summed E-state index contributed by atoms with van der Waals surface area (Å²) in [6.07, 6.45) is -5.55. The standard InChI is InChI=1S/C29H24ClF3N6O3.C2HF3O2/c30-22-14-19(7-8-25(22)42-20-5-3-4-18(13-20)29(31,32)33)39-27-21-12-17(9-11-35-26(21)37-16-38-27)28(41)36-15-24(40)23-6-1-2-10-34-23;3-2(4,5)1(6)7/h1-8,10,12-14,16,24,40H,9,11,15H2,(H,36,41)(H2,35,37,38,39);(H,6,7). The van der Waals surface area contributed by atoms with Gasteiger partial charge in [0.2, 0.25) is 5.91 Å². The first-order valence-electron chi connectivity index (χ1n) is 14.0. The summed E-state index contributed by atoms with van der Waals surface area (Å²) < 4.78 is 76.5. The Bertz CT molecular complexity index is 1830. The van der Waals surface area contributed by atoms with Gasteiger partial charge in [0.1, 0.15) is 35.6 Å². The van der Waals surface area contributed by atoms with Crippen LogP contribution in [-0.4, -0.2) is 56.3 Å². The van der Waals surface area contributed by atoms with Crippen LogP contribution in [0.2, 0.25) is 5.02 Å². The minimum atomic E-state index is -5.08. The third-order valence-corrected chi connectivity index (χ3v) is 6.79. The number of carbonyl (C=O) groups excluding carboxylic acids is 1. The number of hydrogen-bond acceptors (Lipinski definition) is 9. The fourth-order valence-corrected chi connectivity index (χ4v) is 4.37. The number of rotatable bonds is 8. The van der Waals surface area contributed by atoms with E-state index in [9.17, 15) is 36.2 Å². The lowest BCUT2D eigenvalue weighted by atomic mass is 10.1. The van der Waals surface area contributed by atoms with E-state index in [0.717, 1.165) is 12.1 Å². The maximum Gasteiger partial charge on any atom is 0.490 e. The monoisotopic (exact) mass is 710 g/mol. The van der Waals surface area contributed by atoms with Gasteiger partial charge in [-0.2, -0.15) is 26.3 Å². The number of alkyl halides is 6. The SMILES string of the molecule is O=C(NCC(O)c1ccccn1)C1=Cc2c(ncnc2Nc2ccc(Oc3cccc(C(F)(F)F)c3)c(Cl)c2)NCC1.O=C(O)C(F)(F)F. The third-order valence-electron chi connectivity index (χ3n) is 6.49. The first-order chi connectivity index (χ1) is 23.1. The average molecular weight is 711 g/mol. The number of ether oxygens (including phenoxy) is 1. The number of anilines is 3. The maximum atomic E-state index is 13.1. The molecule has 0 aliphatic carbocycles. The molecule has 1 atom stereocenters. The van der Waals surface area contributed by atoms with Crippen LogP contribution in [0.25, 0.3) is 6.08 Å². The second-order valence-corrected chi connectivity index (χ2v) is 10.4. The number of pyridine rings is 1. The van der Waals surface area contributed by atoms with Crippen molar-refractivity contribution in [2.24, 2.45) is 0 Å². The Morgan fingerprint density at radius 1 is 1.00 bits per heavy atom. The maximum absolute atomic E-state index is 13.1. The minimum Gasteiger partial charge on any atom is -0.475 e. The zero-order chi connectivity index (χ0) is 35.8. The van der Waals surface area contributed by atoms with Crippen molar-refractivity contribution < 1.29 is 50.9 Å². The van der Waals surface area contributed by atoms with E-state index in [4.69, 9.17) is 26.2 Å². The largest absolute Gasteiger partial charge is 0.490 e. The van der Waals surface area contributed by atoms with E-state index in [1.165, 1.54) is 24.5 Å². The van der Waals surface area contributed by atoms with Crippen LogP contribution in [0.4, 0.5) is 43.7 Å². The molecule has 2 aromatic heterocycles. The van der Waals surface area contributed by atoms with Crippen LogP contribution < -0.4 is 20.7 Å². The molecule has 2 aromatic carbocycles. The number of benzene rings is 2. The number of nitrogens with one attached hydrogen (secondary N) is 3. The van der Waals surface area contributed by atoms with Gasteiger partial charge in [0.25, 0.3) is 0 Å². The smallest absolute Gasteiger partial charge is 0.475 e. The first-order valence-corrected chi connectivity index (χ1v) is 14.4. The molecular weight excluding hydrogens is 686 g/mol. The Morgan fingerprint density at radius 2 is 1.76 bits per heavy atom. The molecule has 258 valence electrons. The van der Waals surface area contributed by atoms with E-state index in [-0.39, 0.29) is 29.0 Å². The third kappa shape index (κ3) is 10.3. The first kappa shape index (κ1) is 36.4. The Hall–Kier alpha value is -5.42. The van der Waals surface area contributed by atoms with Gasteiger partial charge in [-0.1, -0.05) is 23.7 Å². The highest BCUT2D eigenvalue weighted by atomic mass is 35.5. The number of aliphatic hydroxyl groups excluding tert-OH is 1. The highest BCUT2D eigenvalue weighted by Crippen LogP contribution is 2.36. The van der Waals surface area contributed by atoms with Crippen LogP contribution in [0, 0.1) is 0 Å². The molecule has 1 aliphatic rings. The topological polar surface area (TPSA) is 159 Å². The van der Waals surface area contributed by atoms with E-state index in [1.54, 1.807) is 42.6 Å². The molecule has 0 saturated carbocycles. The van der Waals surface area contributed by atoms with Crippen molar-refractivity contribution in [1.82, 2.24) is 20.3 Å². The zero-order valence-corrected chi connectivity index (χ0v) is 25.6. The predicted molar refractivity (Wildman–Crippen MR) is 165 cm³/mol. The summed E-state index contributed by atoms with van der Waals surface area (Å²) in [6.45, 7) is 0.427. The molecule has 5 rings (SSSR count). The van der Waals surface area contributed by atoms with Crippen molar-refractivity contribution in [2.75, 3.05) is 23.7 Å². The summed E-state index contributed by atoms with van der Waals surface area (Å²) in [5, 5.41) is 26.7. The fourth-order valence-electron chi connectivity index (χ4n) is 4.16. The van der Waals surface area contributed by atoms with Crippen LogP contribution in [0.1, 0.15) is 29.3 Å². The van der Waals surface area contributed by atoms with Crippen molar-refractivity contribution in [3.8, 4) is 11.5 Å². The number of amides is 1. The van der Waals surface area contributed by atoms with Crippen LogP contribution in [0.5, 0.6) is 11.5 Å². The van der Waals surface area contributed by atoms with Crippen LogP contribution in [0.3, 0.4) is 0 Å². The second-order valence-electron chi connectivity index (χ2n) is 10.0. The van der Waals surface area contributed by atoms with Gasteiger partial charge in [0.15, 0.2) is 0 Å². The molecule has 0 spiro atoms. The van der Waals surface area contributed by atoms with Gasteiger partial charge in [-0.05, 0) is 61.0 Å². The quantitative estimate of drug-likeness (QED) is 0.124. The number of fused-ring (bicyclic) bond motifs is 1. The Labute approximate surface area is 278 Å².